The second kappa shape index (κ2) is 8.45. The first-order valence-corrected chi connectivity index (χ1v) is 10.5. The third-order valence-electron chi connectivity index (χ3n) is 5.01. The molecular formula is C23H18ClNO5S. The first-order chi connectivity index (χ1) is 15.0. The minimum atomic E-state index is -0.784. The summed E-state index contributed by atoms with van der Waals surface area (Å²) >= 11 is 7.48. The van der Waals surface area contributed by atoms with Gasteiger partial charge in [0.15, 0.2) is 0 Å². The fourth-order valence-electron chi connectivity index (χ4n) is 3.54. The highest BCUT2D eigenvalue weighted by Gasteiger charge is 2.47. The van der Waals surface area contributed by atoms with Crippen LogP contribution in [0.3, 0.4) is 0 Å². The van der Waals surface area contributed by atoms with Gasteiger partial charge in [0.2, 0.25) is 0 Å². The molecule has 0 bridgehead atoms. The highest BCUT2D eigenvalue weighted by Crippen LogP contribution is 2.44. The van der Waals surface area contributed by atoms with Crippen LogP contribution in [0.1, 0.15) is 16.5 Å². The molecule has 8 heteroatoms. The Bertz CT molecular complexity index is 1190. The van der Waals surface area contributed by atoms with Crippen LogP contribution in [-0.2, 0) is 9.59 Å². The van der Waals surface area contributed by atoms with E-state index in [0.717, 1.165) is 4.88 Å². The maximum Gasteiger partial charge on any atom is 0.300 e. The average Bonchev–Trinajstić information content (AvgIpc) is 3.40. The molecule has 0 saturated carbocycles. The van der Waals surface area contributed by atoms with Crippen LogP contribution in [0.5, 0.6) is 11.5 Å². The molecule has 1 N–H and O–H groups in total. The number of rotatable bonds is 5. The number of methoxy groups -OCH3 is 2. The minimum absolute atomic E-state index is 0.000328. The van der Waals surface area contributed by atoms with Gasteiger partial charge in [-0.05, 0) is 41.8 Å². The van der Waals surface area contributed by atoms with Crippen LogP contribution in [0.4, 0.5) is 5.69 Å². The van der Waals surface area contributed by atoms with Gasteiger partial charge < -0.3 is 14.6 Å². The quantitative estimate of drug-likeness (QED) is 0.331. The lowest BCUT2D eigenvalue weighted by molar-refractivity contribution is -0.132. The number of aliphatic hydroxyl groups is 1. The number of benzene rings is 2. The third-order valence-corrected chi connectivity index (χ3v) is 6.25. The van der Waals surface area contributed by atoms with Gasteiger partial charge in [-0.3, -0.25) is 14.5 Å². The third kappa shape index (κ3) is 3.66. The number of ketones is 1. The van der Waals surface area contributed by atoms with Crippen molar-refractivity contribution in [3.8, 4) is 11.5 Å². The normalized spacial score (nSPS) is 17.8. The summed E-state index contributed by atoms with van der Waals surface area (Å²) in [6.45, 7) is 0. The number of halogens is 1. The monoisotopic (exact) mass is 455 g/mol. The molecule has 2 heterocycles. The van der Waals surface area contributed by atoms with E-state index in [9.17, 15) is 14.7 Å². The summed E-state index contributed by atoms with van der Waals surface area (Å²) in [4.78, 5) is 28.3. The van der Waals surface area contributed by atoms with E-state index in [1.165, 1.54) is 36.5 Å². The zero-order valence-electron chi connectivity index (χ0n) is 16.7. The van der Waals surface area contributed by atoms with Crippen LogP contribution in [0.2, 0.25) is 5.02 Å². The summed E-state index contributed by atoms with van der Waals surface area (Å²) in [5.41, 5.74) is 0.818. The van der Waals surface area contributed by atoms with Crippen LogP contribution in [0, 0.1) is 0 Å². The van der Waals surface area contributed by atoms with Gasteiger partial charge in [0.05, 0.1) is 24.8 Å². The summed E-state index contributed by atoms with van der Waals surface area (Å²) in [5.74, 6) is -0.897. The van der Waals surface area contributed by atoms with Crippen LogP contribution in [0.25, 0.3) is 5.76 Å². The average molecular weight is 456 g/mol. The smallest absolute Gasteiger partial charge is 0.300 e. The molecule has 31 heavy (non-hydrogen) atoms. The molecule has 0 radical (unpaired) electrons. The van der Waals surface area contributed by atoms with Crippen molar-refractivity contribution >= 4 is 46.1 Å². The van der Waals surface area contributed by atoms with E-state index in [1.54, 1.807) is 36.4 Å². The fraction of sp³-hybridized carbons (Fsp3) is 0.130. The number of aliphatic hydroxyl groups excluding tert-OH is 1. The van der Waals surface area contributed by atoms with E-state index >= 15 is 0 Å². The standard InChI is InChI=1S/C23H18ClNO5S/c1-29-15-6-3-5-14(12-15)25-20(18-7-4-10-31-18)19(22(27)23(25)28)21(26)13-8-9-16(24)17(11-13)30-2/h3-12,20,26H,1-2H3/b21-19-. The van der Waals surface area contributed by atoms with E-state index in [4.69, 9.17) is 21.1 Å². The molecule has 1 amide bonds. The maximum atomic E-state index is 13.1. The van der Waals surface area contributed by atoms with Crippen molar-refractivity contribution in [1.82, 2.24) is 0 Å². The first-order valence-electron chi connectivity index (χ1n) is 9.28. The van der Waals surface area contributed by atoms with Gasteiger partial charge >= 0.3 is 0 Å². The zero-order valence-corrected chi connectivity index (χ0v) is 18.2. The molecule has 1 atom stereocenters. The number of thiophene rings is 1. The van der Waals surface area contributed by atoms with Crippen molar-refractivity contribution in [3.63, 3.8) is 0 Å². The van der Waals surface area contributed by atoms with Crippen molar-refractivity contribution in [2.24, 2.45) is 0 Å². The van der Waals surface area contributed by atoms with E-state index < -0.39 is 17.7 Å². The zero-order chi connectivity index (χ0) is 22.1. The highest BCUT2D eigenvalue weighted by atomic mass is 35.5. The Labute approximate surface area is 187 Å². The van der Waals surface area contributed by atoms with E-state index in [0.29, 0.717) is 27.8 Å². The number of hydrogen-bond donors (Lipinski definition) is 1. The summed E-state index contributed by atoms with van der Waals surface area (Å²) in [6.07, 6.45) is 0. The second-order valence-corrected chi connectivity index (χ2v) is 8.12. The van der Waals surface area contributed by atoms with Gasteiger partial charge in [0, 0.05) is 22.2 Å². The lowest BCUT2D eigenvalue weighted by Gasteiger charge is -2.24. The number of Topliss-reactive ketones (excluding diaryl/α,β-unsaturated/α-hetero) is 1. The molecule has 6 nitrogen and oxygen atoms in total. The molecule has 1 fully saturated rings. The molecule has 4 rings (SSSR count). The predicted molar refractivity (Wildman–Crippen MR) is 120 cm³/mol. The lowest BCUT2D eigenvalue weighted by atomic mass is 9.99. The molecule has 0 aliphatic carbocycles. The van der Waals surface area contributed by atoms with Crippen LogP contribution >= 0.6 is 22.9 Å². The number of carbonyl (C=O) groups is 2. The second-order valence-electron chi connectivity index (χ2n) is 6.74. The van der Waals surface area contributed by atoms with Crippen molar-refractivity contribution in [2.45, 2.75) is 6.04 Å². The Hall–Kier alpha value is -3.29. The molecule has 1 aliphatic rings. The van der Waals surface area contributed by atoms with Crippen molar-refractivity contribution < 1.29 is 24.2 Å². The largest absolute Gasteiger partial charge is 0.507 e. The van der Waals surface area contributed by atoms with E-state index in [2.05, 4.69) is 0 Å². The highest BCUT2D eigenvalue weighted by molar-refractivity contribution is 7.10. The lowest BCUT2D eigenvalue weighted by Crippen LogP contribution is -2.29. The fourth-order valence-corrected chi connectivity index (χ4v) is 4.56. The summed E-state index contributed by atoms with van der Waals surface area (Å²) in [6, 6.07) is 14.4. The molecular weight excluding hydrogens is 438 g/mol. The van der Waals surface area contributed by atoms with E-state index in [1.807, 2.05) is 17.5 Å². The molecule has 1 aromatic heterocycles. The molecule has 3 aromatic rings. The Kier molecular flexibility index (Phi) is 5.71. The number of amides is 1. The number of carbonyl (C=O) groups excluding carboxylic acids is 2. The Morgan fingerprint density at radius 3 is 2.55 bits per heavy atom. The number of anilines is 1. The summed E-state index contributed by atoms with van der Waals surface area (Å²) < 4.78 is 10.5. The molecule has 0 spiro atoms. The number of hydrogen-bond acceptors (Lipinski definition) is 6. The topological polar surface area (TPSA) is 76.1 Å². The Morgan fingerprint density at radius 1 is 1.06 bits per heavy atom. The molecule has 1 saturated heterocycles. The molecule has 1 unspecified atom stereocenters. The Morgan fingerprint density at radius 2 is 1.87 bits per heavy atom. The van der Waals surface area contributed by atoms with Crippen molar-refractivity contribution in [1.29, 1.82) is 0 Å². The number of ether oxygens (including phenoxy) is 2. The van der Waals surface area contributed by atoms with Crippen molar-refractivity contribution in [3.05, 3.63) is 81.0 Å². The maximum absolute atomic E-state index is 13.1. The van der Waals surface area contributed by atoms with Gasteiger partial charge in [-0.1, -0.05) is 23.7 Å². The molecule has 158 valence electrons. The molecule has 1 aliphatic heterocycles. The van der Waals surface area contributed by atoms with Crippen LogP contribution in [-0.4, -0.2) is 31.0 Å². The van der Waals surface area contributed by atoms with Gasteiger partial charge in [0.25, 0.3) is 11.7 Å². The van der Waals surface area contributed by atoms with Crippen LogP contribution in [0.15, 0.2) is 65.6 Å². The van der Waals surface area contributed by atoms with E-state index in [-0.39, 0.29) is 11.3 Å². The predicted octanol–water partition coefficient (Wildman–Crippen LogP) is 5.05. The van der Waals surface area contributed by atoms with Gasteiger partial charge in [-0.15, -0.1) is 11.3 Å². The molecule has 2 aromatic carbocycles. The van der Waals surface area contributed by atoms with Crippen LogP contribution < -0.4 is 14.4 Å². The van der Waals surface area contributed by atoms with Gasteiger partial charge in [-0.25, -0.2) is 0 Å². The first kappa shape index (κ1) is 21.0. The SMILES string of the molecule is COc1cccc(N2C(=O)C(=O)/C(=C(\O)c3ccc(Cl)c(OC)c3)C2c2cccs2)c1. The van der Waals surface area contributed by atoms with Gasteiger partial charge in [-0.2, -0.15) is 0 Å². The Balaban J connectivity index is 1.92. The summed E-state index contributed by atoms with van der Waals surface area (Å²) in [7, 11) is 2.98. The van der Waals surface area contributed by atoms with Gasteiger partial charge in [0.1, 0.15) is 23.3 Å². The number of nitrogens with zero attached hydrogens (tertiary/aromatic N) is 1. The van der Waals surface area contributed by atoms with Crippen molar-refractivity contribution in [2.75, 3.05) is 19.1 Å². The summed E-state index contributed by atoms with van der Waals surface area (Å²) in [5, 5.41) is 13.3. The minimum Gasteiger partial charge on any atom is -0.507 e.